The fraction of sp³-hybridized carbons (Fsp3) is 0.812. The molecule has 0 radical (unpaired) electrons. The molecule has 3 unspecified atom stereocenters. The lowest BCUT2D eigenvalue weighted by molar-refractivity contribution is 0.215. The zero-order valence-corrected chi connectivity index (χ0v) is 14.6. The summed E-state index contributed by atoms with van der Waals surface area (Å²) in [7, 11) is 2.07. The van der Waals surface area contributed by atoms with Crippen molar-refractivity contribution in [3.05, 3.63) is 16.4 Å². The first-order valence-electron chi connectivity index (χ1n) is 8.06. The predicted molar refractivity (Wildman–Crippen MR) is 88.0 cm³/mol. The van der Waals surface area contributed by atoms with Crippen molar-refractivity contribution in [2.24, 2.45) is 11.8 Å². The van der Waals surface area contributed by atoms with Crippen LogP contribution >= 0.6 is 15.9 Å². The Labute approximate surface area is 131 Å². The number of nitrogens with zero attached hydrogens (tertiary/aromatic N) is 2. The van der Waals surface area contributed by atoms with E-state index in [-0.39, 0.29) is 0 Å². The third-order valence-electron chi connectivity index (χ3n) is 4.75. The summed E-state index contributed by atoms with van der Waals surface area (Å²) in [5, 5.41) is 7.91. The topological polar surface area (TPSA) is 29.9 Å². The van der Waals surface area contributed by atoms with Gasteiger partial charge in [-0.25, -0.2) is 0 Å². The number of nitrogens with one attached hydrogen (secondary N) is 1. The van der Waals surface area contributed by atoms with Gasteiger partial charge in [0.05, 0.1) is 16.4 Å². The summed E-state index contributed by atoms with van der Waals surface area (Å²) in [4.78, 5) is 0. The van der Waals surface area contributed by atoms with Crippen LogP contribution in [-0.4, -0.2) is 23.4 Å². The van der Waals surface area contributed by atoms with Gasteiger partial charge in [-0.3, -0.25) is 4.68 Å². The number of hydrogen-bond donors (Lipinski definition) is 1. The molecule has 0 amide bonds. The van der Waals surface area contributed by atoms with E-state index in [1.54, 1.807) is 0 Å². The molecule has 0 bridgehead atoms. The van der Waals surface area contributed by atoms with Crippen molar-refractivity contribution in [2.45, 2.75) is 58.4 Å². The summed E-state index contributed by atoms with van der Waals surface area (Å²) in [5.41, 5.74) is 1.42. The first-order valence-corrected chi connectivity index (χ1v) is 8.86. The van der Waals surface area contributed by atoms with Crippen molar-refractivity contribution in [3.8, 4) is 0 Å². The number of aryl methyl sites for hydroxylation is 1. The van der Waals surface area contributed by atoms with Crippen molar-refractivity contribution in [3.63, 3.8) is 0 Å². The standard InChI is InChI=1S/C16H28BrN3/c1-4-6-12-7-8-13(10-18-3)14(9-12)16-15(17)11-19-20(16)5-2/h11-14,18H,4-10H2,1-3H3. The minimum atomic E-state index is 0.643. The molecule has 2 rings (SSSR count). The summed E-state index contributed by atoms with van der Waals surface area (Å²) in [5.74, 6) is 2.28. The van der Waals surface area contributed by atoms with E-state index in [1.165, 1.54) is 42.3 Å². The zero-order valence-electron chi connectivity index (χ0n) is 13.0. The molecule has 0 spiro atoms. The Morgan fingerprint density at radius 2 is 2.20 bits per heavy atom. The lowest BCUT2D eigenvalue weighted by Crippen LogP contribution is -2.32. The highest BCUT2D eigenvalue weighted by atomic mass is 79.9. The monoisotopic (exact) mass is 341 g/mol. The van der Waals surface area contributed by atoms with E-state index >= 15 is 0 Å². The molecule has 1 aromatic heterocycles. The van der Waals surface area contributed by atoms with Gasteiger partial charge in [0, 0.05) is 12.5 Å². The second kappa shape index (κ2) is 7.60. The lowest BCUT2D eigenvalue weighted by atomic mass is 9.71. The maximum atomic E-state index is 4.52. The fourth-order valence-electron chi connectivity index (χ4n) is 3.82. The van der Waals surface area contributed by atoms with E-state index < -0.39 is 0 Å². The quantitative estimate of drug-likeness (QED) is 0.840. The fourth-order valence-corrected chi connectivity index (χ4v) is 4.42. The number of halogens is 1. The summed E-state index contributed by atoms with van der Waals surface area (Å²) >= 11 is 3.73. The second-order valence-corrected chi connectivity index (χ2v) is 6.94. The molecule has 114 valence electrons. The Balaban J connectivity index is 2.23. The van der Waals surface area contributed by atoms with E-state index in [0.717, 1.165) is 24.9 Å². The second-order valence-electron chi connectivity index (χ2n) is 6.09. The highest BCUT2D eigenvalue weighted by Gasteiger charge is 2.33. The van der Waals surface area contributed by atoms with Crippen LogP contribution in [0.5, 0.6) is 0 Å². The van der Waals surface area contributed by atoms with Crippen LogP contribution in [0.3, 0.4) is 0 Å². The molecule has 20 heavy (non-hydrogen) atoms. The van der Waals surface area contributed by atoms with Crippen LogP contribution in [0.2, 0.25) is 0 Å². The Morgan fingerprint density at radius 1 is 1.40 bits per heavy atom. The van der Waals surface area contributed by atoms with Gasteiger partial charge in [0.15, 0.2) is 0 Å². The van der Waals surface area contributed by atoms with Gasteiger partial charge in [0.2, 0.25) is 0 Å². The number of rotatable bonds is 6. The molecule has 1 aliphatic carbocycles. The maximum Gasteiger partial charge on any atom is 0.0635 e. The highest BCUT2D eigenvalue weighted by Crippen LogP contribution is 2.43. The van der Waals surface area contributed by atoms with Gasteiger partial charge in [-0.1, -0.05) is 26.2 Å². The number of aromatic nitrogens is 2. The van der Waals surface area contributed by atoms with Crippen molar-refractivity contribution in [1.82, 2.24) is 15.1 Å². The van der Waals surface area contributed by atoms with Gasteiger partial charge in [-0.05, 0) is 61.1 Å². The Hall–Kier alpha value is -0.350. The molecule has 3 atom stereocenters. The lowest BCUT2D eigenvalue weighted by Gasteiger charge is -2.36. The molecule has 1 N–H and O–H groups in total. The van der Waals surface area contributed by atoms with Crippen molar-refractivity contribution >= 4 is 15.9 Å². The molecule has 0 aromatic carbocycles. The molecule has 1 aromatic rings. The molecule has 3 nitrogen and oxygen atoms in total. The van der Waals surface area contributed by atoms with Crippen molar-refractivity contribution in [1.29, 1.82) is 0 Å². The van der Waals surface area contributed by atoms with E-state index in [4.69, 9.17) is 0 Å². The van der Waals surface area contributed by atoms with Crippen LogP contribution < -0.4 is 5.32 Å². The molecule has 0 saturated heterocycles. The Morgan fingerprint density at radius 3 is 2.85 bits per heavy atom. The summed E-state index contributed by atoms with van der Waals surface area (Å²) in [6, 6.07) is 0. The molecule has 1 aliphatic rings. The zero-order chi connectivity index (χ0) is 14.5. The predicted octanol–water partition coefficient (Wildman–Crippen LogP) is 4.18. The smallest absolute Gasteiger partial charge is 0.0635 e. The minimum absolute atomic E-state index is 0.643. The van der Waals surface area contributed by atoms with Gasteiger partial charge >= 0.3 is 0 Å². The van der Waals surface area contributed by atoms with Crippen LogP contribution in [-0.2, 0) is 6.54 Å². The van der Waals surface area contributed by atoms with Crippen LogP contribution in [0.15, 0.2) is 10.7 Å². The van der Waals surface area contributed by atoms with Crippen molar-refractivity contribution in [2.75, 3.05) is 13.6 Å². The molecule has 0 aliphatic heterocycles. The minimum Gasteiger partial charge on any atom is -0.319 e. The molecule has 4 heteroatoms. The average molecular weight is 342 g/mol. The molecular weight excluding hydrogens is 314 g/mol. The molecular formula is C16H28BrN3. The molecule has 1 fully saturated rings. The third-order valence-corrected chi connectivity index (χ3v) is 5.36. The third kappa shape index (κ3) is 3.45. The van der Waals surface area contributed by atoms with E-state index in [9.17, 15) is 0 Å². The van der Waals surface area contributed by atoms with Crippen LogP contribution in [0.25, 0.3) is 0 Å². The highest BCUT2D eigenvalue weighted by molar-refractivity contribution is 9.10. The first-order chi connectivity index (χ1) is 9.71. The van der Waals surface area contributed by atoms with Crippen molar-refractivity contribution < 1.29 is 0 Å². The largest absolute Gasteiger partial charge is 0.319 e. The Bertz CT molecular complexity index is 416. The first kappa shape index (κ1) is 16.0. The van der Waals surface area contributed by atoms with Gasteiger partial charge < -0.3 is 5.32 Å². The van der Waals surface area contributed by atoms with Crippen LogP contribution in [0.1, 0.15) is 57.6 Å². The Kier molecular flexibility index (Phi) is 6.09. The van der Waals surface area contributed by atoms with Crippen LogP contribution in [0.4, 0.5) is 0 Å². The normalized spacial score (nSPS) is 26.9. The SMILES string of the molecule is CCCC1CCC(CNC)C(c2c(Br)cnn2CC)C1. The van der Waals surface area contributed by atoms with E-state index in [2.05, 4.69) is 51.9 Å². The van der Waals surface area contributed by atoms with Gasteiger partial charge in [-0.2, -0.15) is 5.10 Å². The van der Waals surface area contributed by atoms with E-state index in [0.29, 0.717) is 5.92 Å². The molecule has 1 saturated carbocycles. The maximum absolute atomic E-state index is 4.52. The van der Waals surface area contributed by atoms with Crippen LogP contribution in [0, 0.1) is 11.8 Å². The van der Waals surface area contributed by atoms with Gasteiger partial charge in [0.1, 0.15) is 0 Å². The summed E-state index contributed by atoms with van der Waals surface area (Å²) in [6.07, 6.45) is 8.72. The van der Waals surface area contributed by atoms with Gasteiger partial charge in [-0.15, -0.1) is 0 Å². The number of hydrogen-bond acceptors (Lipinski definition) is 2. The molecule has 1 heterocycles. The van der Waals surface area contributed by atoms with Gasteiger partial charge in [0.25, 0.3) is 0 Å². The summed E-state index contributed by atoms with van der Waals surface area (Å²) < 4.78 is 3.38. The summed E-state index contributed by atoms with van der Waals surface area (Å²) in [6.45, 7) is 6.57. The van der Waals surface area contributed by atoms with E-state index in [1.807, 2.05) is 6.20 Å². The average Bonchev–Trinajstić information content (AvgIpc) is 2.82.